The molecule has 1 aromatic rings. The quantitative estimate of drug-likeness (QED) is 0.351. The molecule has 0 aliphatic carbocycles. The van der Waals surface area contributed by atoms with Crippen molar-refractivity contribution in [1.29, 1.82) is 0 Å². The summed E-state index contributed by atoms with van der Waals surface area (Å²) in [6.45, 7) is -0.261. The van der Waals surface area contributed by atoms with Crippen LogP contribution in [-0.4, -0.2) is 56.8 Å². The first kappa shape index (κ1) is 16.4. The number of aliphatic carboxylic acids is 1. The van der Waals surface area contributed by atoms with Gasteiger partial charge in [-0.05, 0) is 12.1 Å². The number of aliphatic hydroxyl groups excluding tert-OH is 1. The summed E-state index contributed by atoms with van der Waals surface area (Å²) in [6.07, 6.45) is -2.37. The minimum atomic E-state index is -1.32. The number of nitro benzene ring substituents is 1. The first-order valence-electron chi connectivity index (χ1n) is 6.47. The fourth-order valence-electron chi connectivity index (χ4n) is 2.17. The molecule has 2 rings (SSSR count). The van der Waals surface area contributed by atoms with Crippen LogP contribution in [0.1, 0.15) is 16.8 Å². The monoisotopic (exact) mass is 324 g/mol. The smallest absolute Gasteiger partial charge is 0.418 e. The van der Waals surface area contributed by atoms with Crippen LogP contribution in [0.15, 0.2) is 24.3 Å². The number of esters is 1. The molecule has 122 valence electrons. The van der Waals surface area contributed by atoms with Crippen LogP contribution in [0.4, 0.5) is 10.5 Å². The van der Waals surface area contributed by atoms with Crippen LogP contribution in [0.3, 0.4) is 0 Å². The van der Waals surface area contributed by atoms with Crippen molar-refractivity contribution in [3.8, 4) is 0 Å². The molecule has 0 saturated carbocycles. The van der Waals surface area contributed by atoms with Crippen molar-refractivity contribution < 1.29 is 34.3 Å². The zero-order valence-corrected chi connectivity index (χ0v) is 11.6. The Hall–Kier alpha value is -3.01. The number of nitrogens with zero attached hydrogens (tertiary/aromatic N) is 2. The predicted molar refractivity (Wildman–Crippen MR) is 72.7 cm³/mol. The highest BCUT2D eigenvalue weighted by Crippen LogP contribution is 2.20. The van der Waals surface area contributed by atoms with Gasteiger partial charge in [0.1, 0.15) is 6.04 Å². The van der Waals surface area contributed by atoms with Gasteiger partial charge in [0.25, 0.3) is 5.69 Å². The minimum Gasteiger partial charge on any atom is -0.480 e. The highest BCUT2D eigenvalue weighted by Gasteiger charge is 2.40. The Kier molecular flexibility index (Phi) is 4.55. The van der Waals surface area contributed by atoms with Gasteiger partial charge in [0.15, 0.2) is 0 Å². The topological polar surface area (TPSA) is 147 Å². The van der Waals surface area contributed by atoms with Crippen molar-refractivity contribution in [3.63, 3.8) is 0 Å². The number of carboxylic acid groups (broad SMARTS) is 1. The Balaban J connectivity index is 2.06. The maximum atomic E-state index is 11.9. The molecule has 10 nitrogen and oxygen atoms in total. The van der Waals surface area contributed by atoms with E-state index in [0.717, 1.165) is 29.2 Å². The number of nitro groups is 1. The van der Waals surface area contributed by atoms with Gasteiger partial charge >= 0.3 is 18.0 Å². The third-order valence-electron chi connectivity index (χ3n) is 3.29. The second kappa shape index (κ2) is 6.40. The van der Waals surface area contributed by atoms with Crippen LogP contribution >= 0.6 is 0 Å². The second-order valence-electron chi connectivity index (χ2n) is 4.86. The number of carboxylic acids is 1. The summed E-state index contributed by atoms with van der Waals surface area (Å²) in [5.41, 5.74) is -0.336. The number of β-amino-alcohol motifs (C(OH)–C–C–N with tert-alkyl or cyclic N) is 1. The van der Waals surface area contributed by atoms with Crippen LogP contribution in [0, 0.1) is 10.1 Å². The molecule has 23 heavy (non-hydrogen) atoms. The van der Waals surface area contributed by atoms with Crippen LogP contribution in [0.5, 0.6) is 0 Å². The lowest BCUT2D eigenvalue weighted by Gasteiger charge is -2.19. The van der Waals surface area contributed by atoms with E-state index in [1.807, 2.05) is 0 Å². The summed E-state index contributed by atoms with van der Waals surface area (Å²) in [6, 6.07) is 3.09. The normalized spacial score (nSPS) is 20.1. The van der Waals surface area contributed by atoms with Crippen molar-refractivity contribution in [3.05, 3.63) is 39.9 Å². The van der Waals surface area contributed by atoms with Crippen LogP contribution in [-0.2, 0) is 9.53 Å². The van der Waals surface area contributed by atoms with Gasteiger partial charge in [0.05, 0.1) is 23.1 Å². The number of carbonyl (C=O) groups excluding carboxylic acids is 2. The maximum absolute atomic E-state index is 11.9. The number of likely N-dealkylation sites (tertiary alicyclic amines) is 1. The van der Waals surface area contributed by atoms with E-state index < -0.39 is 35.1 Å². The maximum Gasteiger partial charge on any atom is 0.418 e. The van der Waals surface area contributed by atoms with Gasteiger partial charge in [0, 0.05) is 18.6 Å². The number of carbonyl (C=O) groups is 3. The number of aliphatic hydroxyl groups is 1. The van der Waals surface area contributed by atoms with Crippen molar-refractivity contribution >= 4 is 23.7 Å². The zero-order valence-electron chi connectivity index (χ0n) is 11.6. The fraction of sp³-hybridized carbons (Fsp3) is 0.308. The number of benzene rings is 1. The molecule has 0 aromatic heterocycles. The van der Waals surface area contributed by atoms with Crippen LogP contribution < -0.4 is 0 Å². The summed E-state index contributed by atoms with van der Waals surface area (Å²) >= 11 is 0. The lowest BCUT2D eigenvalue weighted by Crippen LogP contribution is -2.41. The van der Waals surface area contributed by atoms with E-state index in [-0.39, 0.29) is 24.2 Å². The Morgan fingerprint density at radius 1 is 1.26 bits per heavy atom. The van der Waals surface area contributed by atoms with Gasteiger partial charge in [-0.2, -0.15) is 0 Å². The molecule has 0 bridgehead atoms. The summed E-state index contributed by atoms with van der Waals surface area (Å²) in [4.78, 5) is 45.3. The number of hydrogen-bond acceptors (Lipinski definition) is 7. The molecular formula is C13H12N2O8. The Morgan fingerprint density at radius 3 is 2.39 bits per heavy atom. The van der Waals surface area contributed by atoms with Crippen molar-refractivity contribution in [2.75, 3.05) is 6.54 Å². The molecule has 2 atom stereocenters. The highest BCUT2D eigenvalue weighted by atomic mass is 16.6. The van der Waals surface area contributed by atoms with Crippen molar-refractivity contribution in [1.82, 2.24) is 4.90 Å². The number of ether oxygens (including phenoxy) is 1. The Labute approximate surface area is 129 Å². The fourth-order valence-corrected chi connectivity index (χ4v) is 2.17. The molecule has 0 spiro atoms. The molecule has 1 aliphatic rings. The van der Waals surface area contributed by atoms with Gasteiger partial charge in [-0.1, -0.05) is 0 Å². The van der Waals surface area contributed by atoms with Crippen molar-refractivity contribution in [2.24, 2.45) is 0 Å². The standard InChI is InChI=1S/C13H12N2O8/c16-9-5-10(11(17)18)14(6-9)13(20)23-12(19)7-1-3-8(4-2-7)15(21)22/h1-4,9-10,16H,5-6H2,(H,17,18)/t9-,10+/m1/s1. The number of rotatable bonds is 3. The van der Waals surface area contributed by atoms with Gasteiger partial charge in [-0.3, -0.25) is 15.0 Å². The second-order valence-corrected chi connectivity index (χ2v) is 4.86. The molecule has 1 heterocycles. The number of amides is 1. The first-order chi connectivity index (χ1) is 10.8. The average Bonchev–Trinajstić information content (AvgIpc) is 2.89. The Bertz CT molecular complexity index is 656. The van der Waals surface area contributed by atoms with Gasteiger partial charge in [-0.25, -0.2) is 14.4 Å². The predicted octanol–water partition coefficient (Wildman–Crippen LogP) is 0.391. The van der Waals surface area contributed by atoms with E-state index in [9.17, 15) is 29.6 Å². The molecule has 1 fully saturated rings. The summed E-state index contributed by atoms with van der Waals surface area (Å²) in [7, 11) is 0. The molecule has 1 amide bonds. The van der Waals surface area contributed by atoms with Gasteiger partial charge in [0.2, 0.25) is 0 Å². The summed E-state index contributed by atoms with van der Waals surface area (Å²) in [5.74, 6) is -2.39. The average molecular weight is 324 g/mol. The minimum absolute atomic E-state index is 0.101. The highest BCUT2D eigenvalue weighted by molar-refractivity contribution is 5.97. The van der Waals surface area contributed by atoms with Crippen molar-refractivity contribution in [2.45, 2.75) is 18.6 Å². The largest absolute Gasteiger partial charge is 0.480 e. The summed E-state index contributed by atoms with van der Waals surface area (Å²) in [5, 5.41) is 28.9. The first-order valence-corrected chi connectivity index (χ1v) is 6.47. The van der Waals surface area contributed by atoms with E-state index in [1.165, 1.54) is 0 Å². The van der Waals surface area contributed by atoms with E-state index >= 15 is 0 Å². The molecule has 0 radical (unpaired) electrons. The lowest BCUT2D eigenvalue weighted by atomic mass is 10.2. The SMILES string of the molecule is O=C(OC(=O)N1C[C@H](O)C[C@H]1C(=O)O)c1ccc([N+](=O)[O-])cc1. The molecule has 1 saturated heterocycles. The summed E-state index contributed by atoms with van der Waals surface area (Å²) < 4.78 is 4.55. The number of non-ortho nitro benzene ring substituents is 1. The third-order valence-corrected chi connectivity index (χ3v) is 3.29. The molecule has 1 aliphatic heterocycles. The third kappa shape index (κ3) is 3.61. The van der Waals surface area contributed by atoms with E-state index in [2.05, 4.69) is 4.74 Å². The van der Waals surface area contributed by atoms with E-state index in [1.54, 1.807) is 0 Å². The van der Waals surface area contributed by atoms with E-state index in [4.69, 9.17) is 5.11 Å². The molecular weight excluding hydrogens is 312 g/mol. The zero-order chi connectivity index (χ0) is 17.1. The van der Waals surface area contributed by atoms with Gasteiger partial charge in [-0.15, -0.1) is 0 Å². The van der Waals surface area contributed by atoms with Crippen LogP contribution in [0.2, 0.25) is 0 Å². The molecule has 0 unspecified atom stereocenters. The molecule has 2 N–H and O–H groups in total. The number of hydrogen-bond donors (Lipinski definition) is 2. The molecule has 10 heteroatoms. The van der Waals surface area contributed by atoms with Gasteiger partial charge < -0.3 is 14.9 Å². The van der Waals surface area contributed by atoms with E-state index in [0.29, 0.717) is 0 Å². The van der Waals surface area contributed by atoms with Crippen LogP contribution in [0.25, 0.3) is 0 Å². The lowest BCUT2D eigenvalue weighted by molar-refractivity contribution is -0.384. The Morgan fingerprint density at radius 2 is 1.87 bits per heavy atom. The molecule has 1 aromatic carbocycles.